The van der Waals surface area contributed by atoms with Crippen LogP contribution in [0.1, 0.15) is 39.5 Å². The van der Waals surface area contributed by atoms with Crippen LogP contribution < -0.4 is 0 Å². The van der Waals surface area contributed by atoms with Crippen molar-refractivity contribution in [3.63, 3.8) is 0 Å². The average molecular weight is 182 g/mol. The van der Waals surface area contributed by atoms with Crippen molar-refractivity contribution in [3.8, 4) is 0 Å². The van der Waals surface area contributed by atoms with Crippen LogP contribution in [0.4, 0.5) is 0 Å². The molecule has 0 spiro atoms. The third kappa shape index (κ3) is 1.15. The molecule has 2 fully saturated rings. The van der Waals surface area contributed by atoms with Crippen LogP contribution in [0.5, 0.6) is 0 Å². The molecular weight excluding hydrogens is 164 g/mol. The summed E-state index contributed by atoms with van der Waals surface area (Å²) >= 11 is 0. The van der Waals surface area contributed by atoms with E-state index in [1.807, 2.05) is 0 Å². The largest absolute Gasteiger partial charge is 0.396 e. The minimum Gasteiger partial charge on any atom is -0.396 e. The zero-order valence-electron chi connectivity index (χ0n) is 8.47. The van der Waals surface area contributed by atoms with Crippen molar-refractivity contribution >= 4 is 5.78 Å². The Labute approximate surface area is 79.3 Å². The van der Waals surface area contributed by atoms with Gasteiger partial charge in [0.25, 0.3) is 0 Å². The molecule has 0 aromatic carbocycles. The van der Waals surface area contributed by atoms with Crippen LogP contribution in [0, 0.1) is 16.7 Å². The standard InChI is InChI=1S/C11H18O2/c1-10-4-3-8(13)5-9(10)11(2,6-10)7-12/h9,12H,3-7H2,1-2H3/t9-,10-,11+/m0/s1. The quantitative estimate of drug-likeness (QED) is 0.671. The highest BCUT2D eigenvalue weighted by Gasteiger charge is 2.59. The van der Waals surface area contributed by atoms with Gasteiger partial charge in [0.1, 0.15) is 5.78 Å². The number of aliphatic hydroxyl groups is 1. The number of carbonyl (C=O) groups is 1. The SMILES string of the molecule is C[C@]1(CO)C[C@]2(C)CCC(=O)C[C@H]12. The van der Waals surface area contributed by atoms with E-state index in [0.717, 1.165) is 19.3 Å². The molecule has 74 valence electrons. The van der Waals surface area contributed by atoms with Gasteiger partial charge in [-0.25, -0.2) is 0 Å². The molecule has 0 unspecified atom stereocenters. The van der Waals surface area contributed by atoms with Crippen molar-refractivity contribution in [1.82, 2.24) is 0 Å². The molecule has 2 saturated carbocycles. The van der Waals surface area contributed by atoms with Gasteiger partial charge in [-0.1, -0.05) is 13.8 Å². The smallest absolute Gasteiger partial charge is 0.133 e. The van der Waals surface area contributed by atoms with E-state index < -0.39 is 0 Å². The van der Waals surface area contributed by atoms with Crippen molar-refractivity contribution in [3.05, 3.63) is 0 Å². The van der Waals surface area contributed by atoms with Crippen LogP contribution in [0.25, 0.3) is 0 Å². The average Bonchev–Trinajstić information content (AvgIpc) is 2.09. The number of hydrogen-bond donors (Lipinski definition) is 1. The monoisotopic (exact) mass is 182 g/mol. The molecule has 2 nitrogen and oxygen atoms in total. The topological polar surface area (TPSA) is 37.3 Å². The summed E-state index contributed by atoms with van der Waals surface area (Å²) in [5.41, 5.74) is 0.385. The van der Waals surface area contributed by atoms with Gasteiger partial charge in [-0.2, -0.15) is 0 Å². The number of ketones is 1. The highest BCUT2D eigenvalue weighted by atomic mass is 16.3. The van der Waals surface area contributed by atoms with Gasteiger partial charge in [-0.15, -0.1) is 0 Å². The number of hydrogen-bond acceptors (Lipinski definition) is 2. The Morgan fingerprint density at radius 3 is 2.85 bits per heavy atom. The Hall–Kier alpha value is -0.370. The third-order valence-electron chi connectivity index (χ3n) is 4.26. The van der Waals surface area contributed by atoms with E-state index in [0.29, 0.717) is 23.5 Å². The highest BCUT2D eigenvalue weighted by Crippen LogP contribution is 2.64. The maximum atomic E-state index is 11.3. The van der Waals surface area contributed by atoms with E-state index in [9.17, 15) is 9.90 Å². The van der Waals surface area contributed by atoms with Crippen molar-refractivity contribution in [2.24, 2.45) is 16.7 Å². The van der Waals surface area contributed by atoms with Crippen LogP contribution in [0.3, 0.4) is 0 Å². The summed E-state index contributed by atoms with van der Waals surface area (Å²) in [7, 11) is 0. The van der Waals surface area contributed by atoms with E-state index in [2.05, 4.69) is 13.8 Å². The lowest BCUT2D eigenvalue weighted by molar-refractivity contribution is -0.165. The van der Waals surface area contributed by atoms with E-state index in [1.165, 1.54) is 0 Å². The number of carbonyl (C=O) groups excluding carboxylic acids is 1. The van der Waals surface area contributed by atoms with E-state index in [-0.39, 0.29) is 12.0 Å². The summed E-state index contributed by atoms with van der Waals surface area (Å²) in [6.45, 7) is 4.61. The first-order chi connectivity index (χ1) is 6.00. The summed E-state index contributed by atoms with van der Waals surface area (Å²) in [6, 6.07) is 0. The first-order valence-corrected chi connectivity index (χ1v) is 5.13. The Morgan fingerprint density at radius 1 is 1.54 bits per heavy atom. The predicted octanol–water partition coefficient (Wildman–Crippen LogP) is 1.76. The Balaban J connectivity index is 2.16. The zero-order chi connectivity index (χ0) is 9.69. The van der Waals surface area contributed by atoms with Gasteiger partial charge < -0.3 is 5.11 Å². The van der Waals surface area contributed by atoms with Gasteiger partial charge in [0.05, 0.1) is 0 Å². The molecule has 0 aromatic rings. The zero-order valence-corrected chi connectivity index (χ0v) is 8.47. The van der Waals surface area contributed by atoms with Crippen LogP contribution in [0.15, 0.2) is 0 Å². The van der Waals surface area contributed by atoms with Crippen LogP contribution in [0.2, 0.25) is 0 Å². The van der Waals surface area contributed by atoms with Gasteiger partial charge in [0.15, 0.2) is 0 Å². The number of fused-ring (bicyclic) bond motifs is 1. The van der Waals surface area contributed by atoms with E-state index in [4.69, 9.17) is 0 Å². The van der Waals surface area contributed by atoms with Crippen molar-refractivity contribution in [2.45, 2.75) is 39.5 Å². The molecule has 0 saturated heterocycles. The summed E-state index contributed by atoms with van der Waals surface area (Å²) in [5.74, 6) is 0.827. The molecule has 0 aliphatic heterocycles. The van der Waals surface area contributed by atoms with E-state index >= 15 is 0 Å². The number of aliphatic hydroxyl groups excluding tert-OH is 1. The Morgan fingerprint density at radius 2 is 2.23 bits per heavy atom. The van der Waals surface area contributed by atoms with Crippen molar-refractivity contribution in [1.29, 1.82) is 0 Å². The van der Waals surface area contributed by atoms with Crippen molar-refractivity contribution < 1.29 is 9.90 Å². The van der Waals surface area contributed by atoms with E-state index in [1.54, 1.807) is 0 Å². The fourth-order valence-corrected chi connectivity index (χ4v) is 3.56. The highest BCUT2D eigenvalue weighted by molar-refractivity contribution is 5.80. The summed E-state index contributed by atoms with van der Waals surface area (Å²) in [6.07, 6.45) is 3.59. The molecule has 0 amide bonds. The van der Waals surface area contributed by atoms with Gasteiger partial charge in [-0.05, 0) is 29.6 Å². The molecule has 2 rings (SSSR count). The lowest BCUT2D eigenvalue weighted by Crippen LogP contribution is -2.57. The molecule has 1 N–H and O–H groups in total. The van der Waals surface area contributed by atoms with Crippen LogP contribution in [-0.2, 0) is 4.79 Å². The third-order valence-corrected chi connectivity index (χ3v) is 4.26. The molecule has 2 aliphatic rings. The van der Waals surface area contributed by atoms with Crippen LogP contribution >= 0.6 is 0 Å². The summed E-state index contributed by atoms with van der Waals surface area (Å²) in [4.78, 5) is 11.3. The summed E-state index contributed by atoms with van der Waals surface area (Å²) < 4.78 is 0. The van der Waals surface area contributed by atoms with Gasteiger partial charge in [0.2, 0.25) is 0 Å². The molecule has 0 bridgehead atoms. The molecular formula is C11H18O2. The van der Waals surface area contributed by atoms with Gasteiger partial charge in [-0.3, -0.25) is 4.79 Å². The van der Waals surface area contributed by atoms with Gasteiger partial charge in [0, 0.05) is 19.4 Å². The van der Waals surface area contributed by atoms with Gasteiger partial charge >= 0.3 is 0 Å². The number of rotatable bonds is 1. The molecule has 13 heavy (non-hydrogen) atoms. The minimum absolute atomic E-state index is 0.0326. The first kappa shape index (κ1) is 9.20. The molecule has 2 aliphatic carbocycles. The first-order valence-electron chi connectivity index (χ1n) is 5.13. The van der Waals surface area contributed by atoms with Crippen LogP contribution in [-0.4, -0.2) is 17.5 Å². The predicted molar refractivity (Wildman–Crippen MR) is 50.3 cm³/mol. The lowest BCUT2D eigenvalue weighted by atomic mass is 9.42. The molecule has 0 aromatic heterocycles. The maximum absolute atomic E-state index is 11.3. The minimum atomic E-state index is 0.0326. The molecule has 2 heteroatoms. The summed E-state index contributed by atoms with van der Waals surface area (Å²) in [5, 5.41) is 9.27. The molecule has 3 atom stereocenters. The fraction of sp³-hybridized carbons (Fsp3) is 0.909. The molecule has 0 radical (unpaired) electrons. The lowest BCUT2D eigenvalue weighted by Gasteiger charge is -2.62. The second-order valence-electron chi connectivity index (χ2n) is 5.44. The Kier molecular flexibility index (Phi) is 1.82. The normalized spacial score (nSPS) is 49.8. The van der Waals surface area contributed by atoms with Crippen molar-refractivity contribution in [2.75, 3.05) is 6.61 Å². The maximum Gasteiger partial charge on any atom is 0.133 e. The second-order valence-corrected chi connectivity index (χ2v) is 5.44. The fourth-order valence-electron chi connectivity index (χ4n) is 3.56. The molecule has 0 heterocycles. The Bertz CT molecular complexity index is 240. The number of Topliss-reactive ketones (excluding diaryl/α,β-unsaturated/α-hetero) is 1. The second kappa shape index (κ2) is 2.57.